The Morgan fingerprint density at radius 3 is 2.12 bits per heavy atom. The van der Waals surface area contributed by atoms with Gasteiger partial charge >= 0.3 is 0 Å². The summed E-state index contributed by atoms with van der Waals surface area (Å²) < 4.78 is 5.90. The van der Waals surface area contributed by atoms with Gasteiger partial charge in [0.15, 0.2) is 0 Å². The van der Waals surface area contributed by atoms with Crippen molar-refractivity contribution in [1.29, 1.82) is 0 Å². The van der Waals surface area contributed by atoms with Gasteiger partial charge in [0, 0.05) is 13.1 Å². The third kappa shape index (κ3) is 6.05. The molecule has 0 saturated heterocycles. The molecule has 0 aliphatic heterocycles. The van der Waals surface area contributed by atoms with Crippen LogP contribution < -0.4 is 4.74 Å². The molecule has 0 fully saturated rings. The van der Waals surface area contributed by atoms with Crippen LogP contribution in [0.1, 0.15) is 17.5 Å². The molecule has 2 aromatic carbocycles. The van der Waals surface area contributed by atoms with Gasteiger partial charge in [-0.3, -0.25) is 4.90 Å². The first-order chi connectivity index (χ1) is 11.8. The Labute approximate surface area is 146 Å². The van der Waals surface area contributed by atoms with Crippen LogP contribution in [-0.4, -0.2) is 24.5 Å². The van der Waals surface area contributed by atoms with E-state index in [9.17, 15) is 0 Å². The number of hydrogen-bond donors (Lipinski definition) is 0. The molecule has 0 amide bonds. The summed E-state index contributed by atoms with van der Waals surface area (Å²) in [7, 11) is 0. The molecule has 24 heavy (non-hydrogen) atoms. The zero-order valence-electron chi connectivity index (χ0n) is 14.4. The number of nitrogens with zero attached hydrogens (tertiary/aromatic N) is 1. The Balaban J connectivity index is 1.88. The lowest BCUT2D eigenvalue weighted by Crippen LogP contribution is -2.25. The van der Waals surface area contributed by atoms with Crippen molar-refractivity contribution in [2.45, 2.75) is 19.4 Å². The third-order valence-corrected chi connectivity index (χ3v) is 3.95. The van der Waals surface area contributed by atoms with Gasteiger partial charge < -0.3 is 4.74 Å². The van der Waals surface area contributed by atoms with Gasteiger partial charge in [0.2, 0.25) is 0 Å². The second-order valence-corrected chi connectivity index (χ2v) is 5.81. The summed E-state index contributed by atoms with van der Waals surface area (Å²) >= 11 is 0. The number of ether oxygens (including phenoxy) is 1. The number of aryl methyl sites for hydroxylation is 1. The summed E-state index contributed by atoms with van der Waals surface area (Å²) in [5, 5.41) is 0. The molecule has 0 aromatic heterocycles. The van der Waals surface area contributed by atoms with E-state index in [1.165, 1.54) is 11.1 Å². The molecule has 0 aliphatic carbocycles. The van der Waals surface area contributed by atoms with Gasteiger partial charge in [0.25, 0.3) is 0 Å². The van der Waals surface area contributed by atoms with Crippen LogP contribution in [0.25, 0.3) is 0 Å². The zero-order valence-corrected chi connectivity index (χ0v) is 14.4. The average molecular weight is 321 g/mol. The van der Waals surface area contributed by atoms with Crippen molar-refractivity contribution in [2.24, 2.45) is 0 Å². The molecule has 126 valence electrons. The SMILES string of the molecule is C=CCN(CC=C)CCCc1ccccc1COc1ccccc1. The first kappa shape index (κ1) is 18.0. The lowest BCUT2D eigenvalue weighted by Gasteiger charge is -2.19. The molecule has 2 aromatic rings. The first-order valence-corrected chi connectivity index (χ1v) is 8.52. The maximum atomic E-state index is 5.90. The largest absolute Gasteiger partial charge is 0.489 e. The minimum Gasteiger partial charge on any atom is -0.489 e. The highest BCUT2D eigenvalue weighted by Gasteiger charge is 2.05. The minimum atomic E-state index is 0.614. The molecule has 0 radical (unpaired) electrons. The number of para-hydroxylation sites is 1. The average Bonchev–Trinajstić information content (AvgIpc) is 2.62. The number of hydrogen-bond acceptors (Lipinski definition) is 2. The second kappa shape index (κ2) is 10.5. The summed E-state index contributed by atoms with van der Waals surface area (Å²) in [5.41, 5.74) is 2.63. The van der Waals surface area contributed by atoms with Gasteiger partial charge in [-0.15, -0.1) is 13.2 Å². The highest BCUT2D eigenvalue weighted by atomic mass is 16.5. The predicted octanol–water partition coefficient (Wildman–Crippen LogP) is 4.87. The van der Waals surface area contributed by atoms with Gasteiger partial charge in [-0.25, -0.2) is 0 Å². The summed E-state index contributed by atoms with van der Waals surface area (Å²) in [6.07, 6.45) is 6.07. The van der Waals surface area contributed by atoms with Crippen molar-refractivity contribution >= 4 is 0 Å². The maximum absolute atomic E-state index is 5.90. The Hall–Kier alpha value is -2.32. The van der Waals surface area contributed by atoms with Crippen molar-refractivity contribution in [1.82, 2.24) is 4.90 Å². The molecule has 0 bridgehead atoms. The summed E-state index contributed by atoms with van der Waals surface area (Å²) in [5.74, 6) is 0.912. The molecule has 0 unspecified atom stereocenters. The number of rotatable bonds is 11. The monoisotopic (exact) mass is 321 g/mol. The molecule has 2 nitrogen and oxygen atoms in total. The van der Waals surface area contributed by atoms with Crippen molar-refractivity contribution in [3.63, 3.8) is 0 Å². The van der Waals surface area contributed by atoms with Gasteiger partial charge in [-0.05, 0) is 42.6 Å². The lowest BCUT2D eigenvalue weighted by atomic mass is 10.0. The van der Waals surface area contributed by atoms with E-state index in [1.807, 2.05) is 42.5 Å². The van der Waals surface area contributed by atoms with E-state index in [2.05, 4.69) is 42.3 Å². The van der Waals surface area contributed by atoms with E-state index in [1.54, 1.807) is 0 Å². The van der Waals surface area contributed by atoms with E-state index in [4.69, 9.17) is 4.74 Å². The fourth-order valence-electron chi connectivity index (χ4n) is 2.74. The molecular formula is C22H27NO. The molecule has 0 atom stereocenters. The van der Waals surface area contributed by atoms with Crippen LogP contribution in [0, 0.1) is 0 Å². The highest BCUT2D eigenvalue weighted by molar-refractivity contribution is 5.28. The van der Waals surface area contributed by atoms with Crippen LogP contribution >= 0.6 is 0 Å². The molecule has 2 heteroatoms. The summed E-state index contributed by atoms with van der Waals surface area (Å²) in [6, 6.07) is 18.5. The second-order valence-electron chi connectivity index (χ2n) is 5.81. The van der Waals surface area contributed by atoms with Crippen molar-refractivity contribution in [2.75, 3.05) is 19.6 Å². The van der Waals surface area contributed by atoms with Crippen LogP contribution in [0.4, 0.5) is 0 Å². The smallest absolute Gasteiger partial charge is 0.119 e. The van der Waals surface area contributed by atoms with Crippen LogP contribution in [0.2, 0.25) is 0 Å². The zero-order chi connectivity index (χ0) is 17.0. The maximum Gasteiger partial charge on any atom is 0.119 e. The third-order valence-electron chi connectivity index (χ3n) is 3.95. The van der Waals surface area contributed by atoms with Crippen molar-refractivity contribution in [3.05, 3.63) is 91.0 Å². The standard InChI is InChI=1S/C22H27NO/c1-3-16-23(17-4-2)18-10-13-20-11-8-9-12-21(20)19-24-22-14-6-5-7-15-22/h3-9,11-12,14-15H,1-2,10,13,16-19H2. The predicted molar refractivity (Wildman–Crippen MR) is 102 cm³/mol. The fourth-order valence-corrected chi connectivity index (χ4v) is 2.74. The summed E-state index contributed by atoms with van der Waals surface area (Å²) in [6.45, 7) is 11.1. The van der Waals surface area contributed by atoms with Crippen molar-refractivity contribution < 1.29 is 4.74 Å². The van der Waals surface area contributed by atoms with Crippen molar-refractivity contribution in [3.8, 4) is 5.75 Å². The number of benzene rings is 2. The van der Waals surface area contributed by atoms with Gasteiger partial charge in [-0.1, -0.05) is 54.6 Å². The normalized spacial score (nSPS) is 10.5. The van der Waals surface area contributed by atoms with Crippen LogP contribution in [0.3, 0.4) is 0 Å². The highest BCUT2D eigenvalue weighted by Crippen LogP contribution is 2.16. The Morgan fingerprint density at radius 1 is 0.833 bits per heavy atom. The molecule has 0 saturated carbocycles. The minimum absolute atomic E-state index is 0.614. The van der Waals surface area contributed by atoms with E-state index in [0.717, 1.165) is 38.2 Å². The van der Waals surface area contributed by atoms with Gasteiger partial charge in [0.05, 0.1) is 0 Å². The van der Waals surface area contributed by atoms with E-state index < -0.39 is 0 Å². The van der Waals surface area contributed by atoms with E-state index in [-0.39, 0.29) is 0 Å². The van der Waals surface area contributed by atoms with E-state index in [0.29, 0.717) is 6.61 Å². The van der Waals surface area contributed by atoms with Crippen LogP contribution in [0.15, 0.2) is 79.9 Å². The molecule has 0 heterocycles. The molecule has 0 spiro atoms. The molecular weight excluding hydrogens is 294 g/mol. The fraction of sp³-hybridized carbons (Fsp3) is 0.273. The lowest BCUT2D eigenvalue weighted by molar-refractivity contribution is 0.303. The molecule has 2 rings (SSSR count). The van der Waals surface area contributed by atoms with Crippen LogP contribution in [-0.2, 0) is 13.0 Å². The van der Waals surface area contributed by atoms with Crippen LogP contribution in [0.5, 0.6) is 5.75 Å². The topological polar surface area (TPSA) is 12.5 Å². The Kier molecular flexibility index (Phi) is 7.85. The summed E-state index contributed by atoms with van der Waals surface area (Å²) in [4.78, 5) is 2.35. The van der Waals surface area contributed by atoms with Gasteiger partial charge in [-0.2, -0.15) is 0 Å². The molecule has 0 N–H and O–H groups in total. The Morgan fingerprint density at radius 2 is 1.46 bits per heavy atom. The first-order valence-electron chi connectivity index (χ1n) is 8.52. The Bertz CT molecular complexity index is 611. The van der Waals surface area contributed by atoms with Gasteiger partial charge in [0.1, 0.15) is 12.4 Å². The molecule has 0 aliphatic rings. The van der Waals surface area contributed by atoms with E-state index >= 15 is 0 Å². The quantitative estimate of drug-likeness (QED) is 0.547.